The van der Waals surface area contributed by atoms with Crippen molar-refractivity contribution in [3.8, 4) is 17.3 Å². The number of para-hydroxylation sites is 2. The Balaban J connectivity index is 1.11. The number of aromatic nitrogens is 2. The molecule has 0 saturated carbocycles. The SMILES string of the molecule is CC(C)(C)c1cc(N2CN(c3cc(Oc4ccc5c6cc(C(C)(C)C)ccc6n(-c6cc(C(C)(C)c7ccccc7)ccn6)c5c4)cc(C(C)(C)c4ccccc4)c3)c3ccccc32)cc(C(C)(C)C)c1. The smallest absolute Gasteiger partial charge is 0.137 e. The minimum Gasteiger partial charge on any atom is -0.457 e. The van der Waals surface area contributed by atoms with Crippen molar-refractivity contribution in [3.05, 3.63) is 215 Å². The monoisotopic (exact) mass is 935 g/mol. The van der Waals surface area contributed by atoms with Crippen LogP contribution in [0.3, 0.4) is 0 Å². The van der Waals surface area contributed by atoms with E-state index in [1.807, 2.05) is 6.20 Å². The maximum atomic E-state index is 7.19. The molecule has 5 heteroatoms. The summed E-state index contributed by atoms with van der Waals surface area (Å²) in [7, 11) is 0. The molecule has 0 atom stereocenters. The van der Waals surface area contributed by atoms with Crippen LogP contribution in [0.25, 0.3) is 27.6 Å². The second-order valence-electron chi connectivity index (χ2n) is 24.0. The van der Waals surface area contributed by atoms with Crippen molar-refractivity contribution in [2.24, 2.45) is 0 Å². The van der Waals surface area contributed by atoms with Crippen molar-refractivity contribution in [1.82, 2.24) is 9.55 Å². The first-order valence-corrected chi connectivity index (χ1v) is 25.4. The summed E-state index contributed by atoms with van der Waals surface area (Å²) in [4.78, 5) is 10.0. The van der Waals surface area contributed by atoms with Crippen LogP contribution < -0.4 is 14.5 Å². The van der Waals surface area contributed by atoms with E-state index >= 15 is 0 Å². The van der Waals surface area contributed by atoms with Crippen LogP contribution in [0.1, 0.15) is 129 Å². The number of hydrogen-bond donors (Lipinski definition) is 0. The normalized spacial score (nSPS) is 13.6. The van der Waals surface area contributed by atoms with Gasteiger partial charge in [-0.3, -0.25) is 4.57 Å². The fourth-order valence-corrected chi connectivity index (χ4v) is 10.3. The van der Waals surface area contributed by atoms with Gasteiger partial charge in [-0.2, -0.15) is 0 Å². The zero-order valence-electron chi connectivity index (χ0n) is 44.1. The molecule has 1 aliphatic rings. The van der Waals surface area contributed by atoms with Crippen molar-refractivity contribution >= 4 is 44.6 Å². The maximum absolute atomic E-state index is 7.19. The predicted octanol–water partition coefficient (Wildman–Crippen LogP) is 17.8. The minimum absolute atomic E-state index is 0.00882. The quantitative estimate of drug-likeness (QED) is 0.144. The van der Waals surface area contributed by atoms with E-state index in [0.717, 1.165) is 45.1 Å². The molecule has 0 radical (unpaired) electrons. The van der Waals surface area contributed by atoms with Crippen molar-refractivity contribution in [1.29, 1.82) is 0 Å². The largest absolute Gasteiger partial charge is 0.457 e. The Bertz CT molecular complexity index is 3400. The second-order valence-corrected chi connectivity index (χ2v) is 24.0. The van der Waals surface area contributed by atoms with Crippen molar-refractivity contribution in [2.75, 3.05) is 16.5 Å². The Morgan fingerprint density at radius 2 is 0.915 bits per heavy atom. The van der Waals surface area contributed by atoms with Crippen LogP contribution in [0.2, 0.25) is 0 Å². The lowest BCUT2D eigenvalue weighted by Gasteiger charge is -2.30. The molecule has 0 fully saturated rings. The summed E-state index contributed by atoms with van der Waals surface area (Å²) >= 11 is 0. The topological polar surface area (TPSA) is 33.5 Å². The average molecular weight is 935 g/mol. The number of benzene rings is 7. The lowest BCUT2D eigenvalue weighted by atomic mass is 9.78. The molecule has 0 saturated heterocycles. The van der Waals surface area contributed by atoms with Crippen molar-refractivity contribution < 1.29 is 4.74 Å². The Morgan fingerprint density at radius 3 is 1.49 bits per heavy atom. The summed E-state index contributed by atoms with van der Waals surface area (Å²) in [6, 6.07) is 62.4. The van der Waals surface area contributed by atoms with Gasteiger partial charge in [0.05, 0.1) is 22.4 Å². The molecule has 2 aromatic heterocycles. The van der Waals surface area contributed by atoms with Crippen LogP contribution in [-0.4, -0.2) is 16.2 Å². The van der Waals surface area contributed by atoms with E-state index in [4.69, 9.17) is 9.72 Å². The fourth-order valence-electron chi connectivity index (χ4n) is 10.3. The molecule has 0 bridgehead atoms. The molecule has 0 N–H and O–H groups in total. The molecule has 0 unspecified atom stereocenters. The highest BCUT2D eigenvalue weighted by Crippen LogP contribution is 2.48. The highest BCUT2D eigenvalue weighted by molar-refractivity contribution is 6.10. The van der Waals surface area contributed by atoms with Gasteiger partial charge in [0.1, 0.15) is 24.0 Å². The van der Waals surface area contributed by atoms with E-state index in [2.05, 4.69) is 274 Å². The summed E-state index contributed by atoms with van der Waals surface area (Å²) in [6.07, 6.45) is 1.96. The predicted molar refractivity (Wildman–Crippen MR) is 300 cm³/mol. The molecule has 0 spiro atoms. The summed E-state index contributed by atoms with van der Waals surface area (Å²) in [6.45, 7) is 30.6. The third kappa shape index (κ3) is 8.90. The third-order valence-electron chi connectivity index (χ3n) is 15.2. The lowest BCUT2D eigenvalue weighted by molar-refractivity contribution is 0.480. The van der Waals surface area contributed by atoms with E-state index < -0.39 is 0 Å². The van der Waals surface area contributed by atoms with Gasteiger partial charge < -0.3 is 14.5 Å². The number of anilines is 4. The number of ether oxygens (including phenoxy) is 1. The van der Waals surface area contributed by atoms with Gasteiger partial charge in [-0.15, -0.1) is 0 Å². The Labute approximate surface area is 422 Å². The molecule has 71 heavy (non-hydrogen) atoms. The van der Waals surface area contributed by atoms with Gasteiger partial charge in [-0.25, -0.2) is 4.98 Å². The molecule has 3 heterocycles. The van der Waals surface area contributed by atoms with Crippen LogP contribution in [0.5, 0.6) is 11.5 Å². The van der Waals surface area contributed by atoms with Crippen LogP contribution >= 0.6 is 0 Å². The summed E-state index contributed by atoms with van der Waals surface area (Å²) in [5.41, 5.74) is 15.0. The molecular weight excluding hydrogens is 865 g/mol. The summed E-state index contributed by atoms with van der Waals surface area (Å²) in [5, 5.41) is 2.36. The molecule has 9 aromatic rings. The molecule has 7 aromatic carbocycles. The second kappa shape index (κ2) is 17.3. The minimum atomic E-state index is -0.331. The van der Waals surface area contributed by atoms with Gasteiger partial charge in [0.15, 0.2) is 0 Å². The standard InChI is InChI=1S/C66H70N4O/c1-62(2,3)46-28-31-57-56(39-46)55-30-29-53(42-60(55)70(57)61-40-47(32-33-67-61)65(10,11)44-22-16-14-17-23-44)71-54-38-50(66(12,13)45-24-18-15-19-25-45)37-52(41-54)69-43-68(58-26-20-21-27-59(58)69)51-35-48(63(4,5)6)34-49(36-51)64(7,8)9/h14-42H,43H2,1-13H3. The van der Waals surface area contributed by atoms with E-state index in [9.17, 15) is 0 Å². The third-order valence-corrected chi connectivity index (χ3v) is 15.2. The van der Waals surface area contributed by atoms with Gasteiger partial charge in [0.25, 0.3) is 0 Å². The van der Waals surface area contributed by atoms with Gasteiger partial charge in [0, 0.05) is 51.3 Å². The van der Waals surface area contributed by atoms with E-state index in [1.165, 1.54) is 55.7 Å². The molecule has 5 nitrogen and oxygen atoms in total. The average Bonchev–Trinajstić information content (AvgIpc) is 3.89. The van der Waals surface area contributed by atoms with Crippen molar-refractivity contribution in [3.63, 3.8) is 0 Å². The first kappa shape index (κ1) is 47.6. The molecule has 0 amide bonds. The highest BCUT2D eigenvalue weighted by Gasteiger charge is 2.33. The molecule has 0 aliphatic carbocycles. The zero-order valence-corrected chi connectivity index (χ0v) is 44.1. The van der Waals surface area contributed by atoms with Crippen LogP contribution in [0.15, 0.2) is 176 Å². The first-order valence-electron chi connectivity index (χ1n) is 25.4. The summed E-state index contributed by atoms with van der Waals surface area (Å²) in [5.74, 6) is 2.42. The number of rotatable bonds is 9. The van der Waals surface area contributed by atoms with Crippen molar-refractivity contribution in [2.45, 2.75) is 117 Å². The number of hydrogen-bond acceptors (Lipinski definition) is 4. The van der Waals surface area contributed by atoms with E-state index in [-0.39, 0.29) is 27.1 Å². The lowest BCUT2D eigenvalue weighted by Crippen LogP contribution is -2.26. The number of nitrogens with zero attached hydrogens (tertiary/aromatic N) is 4. The maximum Gasteiger partial charge on any atom is 0.137 e. The Morgan fingerprint density at radius 1 is 0.380 bits per heavy atom. The Kier molecular flexibility index (Phi) is 11.6. The highest BCUT2D eigenvalue weighted by atomic mass is 16.5. The summed E-state index contributed by atoms with van der Waals surface area (Å²) < 4.78 is 9.51. The molecule has 10 rings (SSSR count). The number of fused-ring (bicyclic) bond motifs is 4. The number of pyridine rings is 1. The Hall–Kier alpha value is -7.11. The molecule has 1 aliphatic heterocycles. The van der Waals surface area contributed by atoms with Crippen LogP contribution in [0, 0.1) is 0 Å². The fraction of sp³-hybridized carbons (Fsp3) is 0.288. The molecular formula is C66H70N4O. The van der Waals surface area contributed by atoms with Gasteiger partial charge in [0.2, 0.25) is 0 Å². The van der Waals surface area contributed by atoms with E-state index in [0.29, 0.717) is 6.67 Å². The van der Waals surface area contributed by atoms with Crippen LogP contribution in [0.4, 0.5) is 22.7 Å². The van der Waals surface area contributed by atoms with E-state index in [1.54, 1.807) is 0 Å². The van der Waals surface area contributed by atoms with Gasteiger partial charge >= 0.3 is 0 Å². The van der Waals surface area contributed by atoms with Gasteiger partial charge in [-0.05, 0) is 128 Å². The first-order chi connectivity index (χ1) is 33.6. The van der Waals surface area contributed by atoms with Gasteiger partial charge in [-0.1, -0.05) is 175 Å². The zero-order chi connectivity index (χ0) is 50.3. The van der Waals surface area contributed by atoms with Crippen LogP contribution in [-0.2, 0) is 27.1 Å². The molecule has 360 valence electrons.